The van der Waals surface area contributed by atoms with E-state index in [1.54, 1.807) is 17.1 Å². The average molecular weight is 356 g/mol. The van der Waals surface area contributed by atoms with E-state index in [1.165, 1.54) is 0 Å². The number of hydrogen-bond acceptors (Lipinski definition) is 4. The van der Waals surface area contributed by atoms with Crippen molar-refractivity contribution < 1.29 is 0 Å². The van der Waals surface area contributed by atoms with Crippen molar-refractivity contribution in [2.45, 2.75) is 25.4 Å². The third kappa shape index (κ3) is 2.55. The Bertz CT molecular complexity index is 721. The van der Waals surface area contributed by atoms with Gasteiger partial charge in [0.05, 0.1) is 18.1 Å². The molecular weight excluding hydrogens is 344 g/mol. The van der Waals surface area contributed by atoms with Crippen LogP contribution in [0.15, 0.2) is 29.1 Å². The minimum absolute atomic E-state index is 0.182. The summed E-state index contributed by atoms with van der Waals surface area (Å²) in [7, 11) is 0. The van der Waals surface area contributed by atoms with Gasteiger partial charge in [0.25, 0.3) is 0 Å². The number of imidazole rings is 1. The predicted octanol–water partition coefficient (Wildman–Crippen LogP) is 2.79. The molecule has 0 aromatic carbocycles. The van der Waals surface area contributed by atoms with Gasteiger partial charge in [0.1, 0.15) is 11.3 Å². The highest BCUT2D eigenvalue weighted by Gasteiger charge is 2.16. The Morgan fingerprint density at radius 3 is 2.95 bits per heavy atom. The molecule has 3 heterocycles. The number of aromatic nitrogens is 6. The van der Waals surface area contributed by atoms with E-state index in [4.69, 9.17) is 11.6 Å². The molecule has 8 heteroatoms. The summed E-state index contributed by atoms with van der Waals surface area (Å²) in [6, 6.07) is 1.94. The Morgan fingerprint density at radius 2 is 2.25 bits per heavy atom. The van der Waals surface area contributed by atoms with Crippen molar-refractivity contribution in [3.8, 4) is 0 Å². The van der Waals surface area contributed by atoms with E-state index < -0.39 is 0 Å². The highest BCUT2D eigenvalue weighted by Crippen LogP contribution is 2.25. The molecule has 0 spiro atoms. The molecule has 1 unspecified atom stereocenters. The maximum atomic E-state index is 6.22. The van der Waals surface area contributed by atoms with Gasteiger partial charge in [0.2, 0.25) is 0 Å². The van der Waals surface area contributed by atoms with Gasteiger partial charge in [-0.3, -0.25) is 4.68 Å². The van der Waals surface area contributed by atoms with E-state index in [9.17, 15) is 0 Å². The van der Waals surface area contributed by atoms with E-state index in [2.05, 4.69) is 36.2 Å². The fraction of sp³-hybridized carbons (Fsp3) is 0.333. The van der Waals surface area contributed by atoms with Crippen LogP contribution in [0.1, 0.15) is 18.1 Å². The number of alkyl halides is 1. The van der Waals surface area contributed by atoms with Crippen LogP contribution in [0.25, 0.3) is 11.2 Å². The van der Waals surface area contributed by atoms with E-state index in [0.29, 0.717) is 13.1 Å². The summed E-state index contributed by atoms with van der Waals surface area (Å²) in [5.74, 6) is 0.812. The van der Waals surface area contributed by atoms with Crippen molar-refractivity contribution in [2.75, 3.05) is 0 Å². The first-order chi connectivity index (χ1) is 9.65. The lowest BCUT2D eigenvalue weighted by molar-refractivity contribution is 0.513. The molecule has 0 saturated heterocycles. The standard InChI is InChI=1S/C12H12BrClN6/c1-8(14)11-17-10-6-9(13)7-15-12(10)20(11)5-4-19-3-2-16-18-19/h2-3,6-8H,4-5H2,1H3. The normalized spacial score (nSPS) is 12.9. The van der Waals surface area contributed by atoms with Crippen molar-refractivity contribution in [3.05, 3.63) is 35.0 Å². The van der Waals surface area contributed by atoms with Gasteiger partial charge < -0.3 is 4.57 Å². The molecule has 1 atom stereocenters. The highest BCUT2D eigenvalue weighted by molar-refractivity contribution is 9.10. The lowest BCUT2D eigenvalue weighted by atomic mass is 10.4. The van der Waals surface area contributed by atoms with Crippen LogP contribution in [0.4, 0.5) is 0 Å². The van der Waals surface area contributed by atoms with Gasteiger partial charge in [-0.2, -0.15) is 0 Å². The van der Waals surface area contributed by atoms with Crippen molar-refractivity contribution in [1.82, 2.24) is 29.5 Å². The van der Waals surface area contributed by atoms with Crippen LogP contribution in [-0.4, -0.2) is 29.5 Å². The predicted molar refractivity (Wildman–Crippen MR) is 79.5 cm³/mol. The molecule has 20 heavy (non-hydrogen) atoms. The van der Waals surface area contributed by atoms with Crippen molar-refractivity contribution in [1.29, 1.82) is 0 Å². The van der Waals surface area contributed by atoms with Gasteiger partial charge in [-0.1, -0.05) is 5.21 Å². The lowest BCUT2D eigenvalue weighted by Crippen LogP contribution is -2.11. The quantitative estimate of drug-likeness (QED) is 0.675. The summed E-state index contributed by atoms with van der Waals surface area (Å²) < 4.78 is 4.70. The molecule has 3 rings (SSSR count). The Balaban J connectivity index is 2.00. The summed E-state index contributed by atoms with van der Waals surface area (Å²) in [5, 5.41) is 7.57. The molecule has 6 nitrogen and oxygen atoms in total. The van der Waals surface area contributed by atoms with Crippen LogP contribution >= 0.6 is 27.5 Å². The zero-order valence-corrected chi connectivity index (χ0v) is 13.1. The molecule has 0 bridgehead atoms. The Hall–Kier alpha value is -1.47. The average Bonchev–Trinajstić information content (AvgIpc) is 3.02. The number of rotatable bonds is 4. The van der Waals surface area contributed by atoms with Gasteiger partial charge in [0.15, 0.2) is 5.65 Å². The van der Waals surface area contributed by atoms with Gasteiger partial charge in [-0.05, 0) is 28.9 Å². The Morgan fingerprint density at radius 1 is 1.40 bits per heavy atom. The van der Waals surface area contributed by atoms with Crippen LogP contribution in [0.2, 0.25) is 0 Å². The molecule has 0 aliphatic rings. The van der Waals surface area contributed by atoms with Crippen molar-refractivity contribution in [2.24, 2.45) is 0 Å². The SMILES string of the molecule is CC(Cl)c1nc2cc(Br)cnc2n1CCn1ccnn1. The van der Waals surface area contributed by atoms with Gasteiger partial charge >= 0.3 is 0 Å². The summed E-state index contributed by atoms with van der Waals surface area (Å²) in [5.41, 5.74) is 1.66. The number of aryl methyl sites for hydroxylation is 2. The summed E-state index contributed by atoms with van der Waals surface area (Å²) in [6.45, 7) is 3.30. The molecule has 3 aromatic rings. The van der Waals surface area contributed by atoms with Crippen LogP contribution in [0.3, 0.4) is 0 Å². The van der Waals surface area contributed by atoms with Gasteiger partial charge in [-0.15, -0.1) is 16.7 Å². The second-order valence-corrected chi connectivity index (χ2v) is 5.97. The molecule has 0 amide bonds. The molecule has 0 radical (unpaired) electrons. The van der Waals surface area contributed by atoms with E-state index >= 15 is 0 Å². The zero-order valence-electron chi connectivity index (χ0n) is 10.7. The third-order valence-electron chi connectivity index (χ3n) is 2.96. The maximum Gasteiger partial charge on any atom is 0.160 e. The largest absolute Gasteiger partial charge is 0.310 e. The van der Waals surface area contributed by atoms with E-state index in [-0.39, 0.29) is 5.38 Å². The van der Waals surface area contributed by atoms with E-state index in [0.717, 1.165) is 21.5 Å². The second-order valence-electron chi connectivity index (χ2n) is 4.40. The molecular formula is C12H12BrClN6. The molecule has 0 fully saturated rings. The lowest BCUT2D eigenvalue weighted by Gasteiger charge is -2.09. The molecule has 104 valence electrons. The Labute approximate surface area is 128 Å². The first-order valence-corrected chi connectivity index (χ1v) is 7.38. The summed E-state index contributed by atoms with van der Waals surface area (Å²) >= 11 is 9.63. The first kappa shape index (κ1) is 13.5. The summed E-state index contributed by atoms with van der Waals surface area (Å²) in [4.78, 5) is 9.00. The monoisotopic (exact) mass is 354 g/mol. The maximum absolute atomic E-state index is 6.22. The Kier molecular flexibility index (Phi) is 3.71. The van der Waals surface area contributed by atoms with Gasteiger partial charge in [0, 0.05) is 23.4 Å². The third-order valence-corrected chi connectivity index (χ3v) is 3.59. The van der Waals surface area contributed by atoms with Crippen LogP contribution in [0, 0.1) is 0 Å². The number of halogens is 2. The second kappa shape index (κ2) is 5.49. The minimum Gasteiger partial charge on any atom is -0.310 e. The minimum atomic E-state index is -0.182. The number of fused-ring (bicyclic) bond motifs is 1. The smallest absolute Gasteiger partial charge is 0.160 e. The van der Waals surface area contributed by atoms with Crippen molar-refractivity contribution in [3.63, 3.8) is 0 Å². The van der Waals surface area contributed by atoms with Crippen LogP contribution in [0.5, 0.6) is 0 Å². The molecule has 0 aliphatic heterocycles. The fourth-order valence-electron chi connectivity index (χ4n) is 2.08. The zero-order chi connectivity index (χ0) is 14.1. The fourth-order valence-corrected chi connectivity index (χ4v) is 2.57. The van der Waals surface area contributed by atoms with E-state index in [1.807, 2.05) is 23.8 Å². The first-order valence-electron chi connectivity index (χ1n) is 6.15. The number of pyridine rings is 1. The van der Waals surface area contributed by atoms with Crippen LogP contribution in [-0.2, 0) is 13.1 Å². The highest BCUT2D eigenvalue weighted by atomic mass is 79.9. The summed E-state index contributed by atoms with van der Waals surface area (Å²) in [6.07, 6.45) is 5.25. The van der Waals surface area contributed by atoms with Crippen molar-refractivity contribution >= 4 is 38.7 Å². The van der Waals surface area contributed by atoms with Gasteiger partial charge in [-0.25, -0.2) is 9.97 Å². The molecule has 0 N–H and O–H groups in total. The topological polar surface area (TPSA) is 61.4 Å². The number of hydrogen-bond donors (Lipinski definition) is 0. The number of nitrogens with zero attached hydrogens (tertiary/aromatic N) is 6. The molecule has 0 saturated carbocycles. The molecule has 0 aliphatic carbocycles. The van der Waals surface area contributed by atoms with Crippen LogP contribution < -0.4 is 0 Å². The molecule has 3 aromatic heterocycles.